The smallest absolute Gasteiger partial charge is 0.120 e. The zero-order chi connectivity index (χ0) is 8.48. The molecule has 1 aromatic rings. The van der Waals surface area contributed by atoms with Crippen molar-refractivity contribution < 1.29 is 11.7 Å². The first-order chi connectivity index (χ1) is 5.00. The van der Waals surface area contributed by atoms with E-state index in [1.54, 1.807) is 0 Å². The van der Waals surface area contributed by atoms with Gasteiger partial charge in [0.15, 0.2) is 0 Å². The van der Waals surface area contributed by atoms with Gasteiger partial charge in [0.2, 0.25) is 11.2 Å². The summed E-state index contributed by atoms with van der Waals surface area (Å²) in [5, 5.41) is 0.317. The molecule has 1 rings (SSSR count). The summed E-state index contributed by atoms with van der Waals surface area (Å²) >= 11 is 0.325. The zero-order valence-corrected chi connectivity index (χ0v) is 6.80. The molecule has 0 aromatic heterocycles. The summed E-state index contributed by atoms with van der Waals surface area (Å²) < 4.78 is 35.9. The Morgan fingerprint density at radius 3 is 1.82 bits per heavy atom. The second-order valence-electron chi connectivity index (χ2n) is 1.86. The van der Waals surface area contributed by atoms with Gasteiger partial charge in [-0.25, -0.2) is 0 Å². The van der Waals surface area contributed by atoms with Crippen molar-refractivity contribution in [3.63, 3.8) is 0 Å². The van der Waals surface area contributed by atoms with Gasteiger partial charge in [0.05, 0.1) is 4.90 Å². The van der Waals surface area contributed by atoms with E-state index < -0.39 is 16.1 Å². The maximum absolute atomic E-state index is 12.0. The second-order valence-corrected chi connectivity index (χ2v) is 3.58. The lowest BCUT2D eigenvalue weighted by Crippen LogP contribution is -1.77. The molecule has 0 aliphatic heterocycles. The molecular weight excluding hydrogens is 197 g/mol. The molecule has 1 aromatic carbocycles. The van der Waals surface area contributed by atoms with Gasteiger partial charge in [-0.1, -0.05) is 11.6 Å². The Hall–Kier alpha value is -0.350. The maximum Gasteiger partial charge on any atom is 0.237 e. The number of rotatable bonds is 1. The molecule has 11 heavy (non-hydrogen) atoms. The van der Waals surface area contributed by atoms with Crippen LogP contribution in [0.25, 0.3) is 0 Å². The van der Waals surface area contributed by atoms with Crippen molar-refractivity contribution in [1.82, 2.24) is 0 Å². The van der Waals surface area contributed by atoms with E-state index in [2.05, 4.69) is 0 Å². The third-order valence-corrected chi connectivity index (χ3v) is 2.14. The van der Waals surface area contributed by atoms with E-state index >= 15 is 0 Å². The van der Waals surface area contributed by atoms with Gasteiger partial charge in [-0.05, 0) is 24.3 Å². The Balaban J connectivity index is 2.99. The quantitative estimate of drug-likeness (QED) is 0.639. The van der Waals surface area contributed by atoms with Crippen LogP contribution in [-0.2, 0) is 0 Å². The molecule has 0 atom stereocenters. The van der Waals surface area contributed by atoms with Crippen molar-refractivity contribution in [2.75, 3.05) is 0 Å². The van der Waals surface area contributed by atoms with Gasteiger partial charge in [0.1, 0.15) is 0 Å². The predicted octanol–water partition coefficient (Wildman–Crippen LogP) is 4.16. The topological polar surface area (TPSA) is 0 Å². The largest absolute Gasteiger partial charge is 0.237 e. The molecular formula is C6H4ClF3S. The molecule has 0 radical (unpaired) electrons. The monoisotopic (exact) mass is 200 g/mol. The third kappa shape index (κ3) is 2.31. The molecule has 0 heterocycles. The van der Waals surface area contributed by atoms with E-state index in [9.17, 15) is 11.7 Å². The minimum Gasteiger partial charge on any atom is -0.120 e. The highest BCUT2D eigenvalue weighted by Gasteiger charge is 2.23. The molecule has 5 heteroatoms. The van der Waals surface area contributed by atoms with E-state index in [0.29, 0.717) is 5.02 Å². The lowest BCUT2D eigenvalue weighted by molar-refractivity contribution is 0.633. The van der Waals surface area contributed by atoms with Crippen LogP contribution in [0, 0.1) is 0 Å². The molecule has 0 bridgehead atoms. The fourth-order valence-electron chi connectivity index (χ4n) is 0.589. The molecule has 0 nitrogen and oxygen atoms in total. The predicted molar refractivity (Wildman–Crippen MR) is 40.6 cm³/mol. The van der Waals surface area contributed by atoms with E-state index in [0.717, 1.165) is 12.1 Å². The van der Waals surface area contributed by atoms with Gasteiger partial charge in [-0.2, -0.15) is 0 Å². The van der Waals surface area contributed by atoms with Gasteiger partial charge in [-0.15, -0.1) is 11.7 Å². The first-order valence-electron chi connectivity index (χ1n) is 2.68. The van der Waals surface area contributed by atoms with E-state index in [-0.39, 0.29) is 0 Å². The molecule has 0 amide bonds. The van der Waals surface area contributed by atoms with Gasteiger partial charge < -0.3 is 0 Å². The SMILES string of the molecule is FS(F)(F)c1ccc(Cl)cc1. The summed E-state index contributed by atoms with van der Waals surface area (Å²) in [7, 11) is 0. The Labute approximate surface area is 69.2 Å². The molecule has 0 fully saturated rings. The Morgan fingerprint density at radius 1 is 1.00 bits per heavy atom. The molecule has 0 spiro atoms. The molecule has 0 aliphatic carbocycles. The van der Waals surface area contributed by atoms with Crippen molar-refractivity contribution >= 4 is 22.8 Å². The molecule has 62 valence electrons. The minimum absolute atomic E-state index is 0.317. The van der Waals surface area contributed by atoms with Crippen LogP contribution >= 0.6 is 22.8 Å². The fraction of sp³-hybridized carbons (Fsp3) is 0. The summed E-state index contributed by atoms with van der Waals surface area (Å²) in [5.41, 5.74) is 0. The standard InChI is InChI=1S/C6H4ClF3S/c7-5-1-3-6(4-2-5)11(8,9)10/h1-4H. The Bertz CT molecular complexity index is 241. The average molecular weight is 201 g/mol. The van der Waals surface area contributed by atoms with Crippen LogP contribution < -0.4 is 0 Å². The molecule has 0 aliphatic rings. The van der Waals surface area contributed by atoms with E-state index in [4.69, 9.17) is 11.6 Å². The normalized spacial score (nSPS) is 13.1. The van der Waals surface area contributed by atoms with Crippen molar-refractivity contribution in [3.05, 3.63) is 29.3 Å². The van der Waals surface area contributed by atoms with Crippen molar-refractivity contribution in [1.29, 1.82) is 0 Å². The zero-order valence-electron chi connectivity index (χ0n) is 5.23. The first-order valence-corrected chi connectivity index (χ1v) is 4.39. The minimum atomic E-state index is -5.08. The van der Waals surface area contributed by atoms with Crippen LogP contribution in [0.4, 0.5) is 11.7 Å². The van der Waals surface area contributed by atoms with Gasteiger partial charge in [0, 0.05) is 5.02 Å². The van der Waals surface area contributed by atoms with Gasteiger partial charge in [-0.3, -0.25) is 0 Å². The van der Waals surface area contributed by atoms with Crippen LogP contribution in [0.3, 0.4) is 0 Å². The van der Waals surface area contributed by atoms with Crippen molar-refractivity contribution in [2.45, 2.75) is 4.90 Å². The van der Waals surface area contributed by atoms with Crippen LogP contribution in [0.1, 0.15) is 0 Å². The van der Waals surface area contributed by atoms with Crippen LogP contribution in [0.2, 0.25) is 5.02 Å². The van der Waals surface area contributed by atoms with Crippen molar-refractivity contribution in [3.8, 4) is 0 Å². The number of halogens is 4. The fourth-order valence-corrected chi connectivity index (χ4v) is 1.16. The van der Waals surface area contributed by atoms with Crippen LogP contribution in [0.5, 0.6) is 0 Å². The second kappa shape index (κ2) is 2.95. The van der Waals surface area contributed by atoms with Gasteiger partial charge in [0.25, 0.3) is 0 Å². The lowest BCUT2D eigenvalue weighted by Gasteiger charge is -2.08. The van der Waals surface area contributed by atoms with E-state index in [1.807, 2.05) is 0 Å². The highest BCUT2D eigenvalue weighted by atomic mass is 35.5. The van der Waals surface area contributed by atoms with E-state index in [1.165, 1.54) is 12.1 Å². The third-order valence-electron chi connectivity index (χ3n) is 1.08. The first kappa shape index (κ1) is 8.74. The highest BCUT2D eigenvalue weighted by Crippen LogP contribution is 2.60. The summed E-state index contributed by atoms with van der Waals surface area (Å²) in [5.74, 6) is 0. The molecule has 0 unspecified atom stereocenters. The number of benzene rings is 1. The summed E-state index contributed by atoms with van der Waals surface area (Å²) in [6, 6.07) is 4.43. The maximum atomic E-state index is 12.0. The summed E-state index contributed by atoms with van der Waals surface area (Å²) in [4.78, 5) is -0.595. The summed E-state index contributed by atoms with van der Waals surface area (Å²) in [6.07, 6.45) is 0. The Morgan fingerprint density at radius 2 is 1.45 bits per heavy atom. The van der Waals surface area contributed by atoms with Gasteiger partial charge >= 0.3 is 0 Å². The average Bonchev–Trinajstić information content (AvgIpc) is 1.86. The summed E-state index contributed by atoms with van der Waals surface area (Å²) in [6.45, 7) is 0. The number of hydrogen-bond donors (Lipinski definition) is 0. The molecule has 0 saturated carbocycles. The molecule has 0 N–H and O–H groups in total. The molecule has 0 saturated heterocycles. The Kier molecular flexibility index (Phi) is 2.34. The van der Waals surface area contributed by atoms with Crippen LogP contribution in [0.15, 0.2) is 29.2 Å². The van der Waals surface area contributed by atoms with Crippen LogP contribution in [-0.4, -0.2) is 0 Å². The van der Waals surface area contributed by atoms with Crippen molar-refractivity contribution in [2.24, 2.45) is 0 Å². The lowest BCUT2D eigenvalue weighted by atomic mass is 10.4. The highest BCUT2D eigenvalue weighted by molar-refractivity contribution is 8.20. The number of hydrogen-bond acceptors (Lipinski definition) is 0.